The minimum Gasteiger partial charge on any atom is -0.481 e. The van der Waals surface area contributed by atoms with Gasteiger partial charge in [-0.3, -0.25) is 28.8 Å². The molecule has 1 unspecified atom stereocenters. The maximum atomic E-state index is 12.8. The molecule has 0 heterocycles. The van der Waals surface area contributed by atoms with Crippen molar-refractivity contribution in [2.45, 2.75) is 225 Å². The molecule has 0 bridgehead atoms. The van der Waals surface area contributed by atoms with Gasteiger partial charge in [0.25, 0.3) is 0 Å². The standard InChI is InChI=1S/C47H86N4O11S/c1-3-5-7-9-11-13-15-17-19-21-23-25-27-29-44(56)61-35-38(62-45(57)30-28-26-24-22-20-18-16-14-12-10-8-6-4-2)36-63-37-39(48)46(58)50-33-41(52)49-34-42(53)51-40(47(59)60)31-32-43(54)55/h38-40H,3-37,48H2,1-2H3,(H,49,52)(H,50,58)(H,51,53)(H,54,55)(H,59,60)/t38-,39+,40?/m1/s1. The molecule has 0 aromatic carbocycles. The van der Waals surface area contributed by atoms with Gasteiger partial charge in [-0.05, 0) is 19.3 Å². The summed E-state index contributed by atoms with van der Waals surface area (Å²) in [4.78, 5) is 84.3. The van der Waals surface area contributed by atoms with Crippen molar-refractivity contribution in [2.24, 2.45) is 5.73 Å². The zero-order valence-electron chi connectivity index (χ0n) is 39.0. The molecule has 3 atom stereocenters. The van der Waals surface area contributed by atoms with Crippen LogP contribution in [0.15, 0.2) is 0 Å². The lowest BCUT2D eigenvalue weighted by Crippen LogP contribution is -2.49. The Morgan fingerprint density at radius 1 is 0.540 bits per heavy atom. The van der Waals surface area contributed by atoms with Crippen LogP contribution in [0.1, 0.15) is 206 Å². The lowest BCUT2D eigenvalue weighted by Gasteiger charge is -2.19. The van der Waals surface area contributed by atoms with Crippen molar-refractivity contribution in [2.75, 3.05) is 31.2 Å². The van der Waals surface area contributed by atoms with Gasteiger partial charge in [0.05, 0.1) is 19.1 Å². The highest BCUT2D eigenvalue weighted by Gasteiger charge is 2.22. The minimum atomic E-state index is -1.44. The first-order valence-electron chi connectivity index (χ1n) is 24.4. The van der Waals surface area contributed by atoms with Crippen LogP contribution < -0.4 is 21.7 Å². The van der Waals surface area contributed by atoms with Crippen LogP contribution in [0.25, 0.3) is 0 Å². The normalized spacial score (nSPS) is 12.5. The van der Waals surface area contributed by atoms with Gasteiger partial charge in [-0.1, -0.05) is 168 Å². The van der Waals surface area contributed by atoms with Crippen molar-refractivity contribution in [3.05, 3.63) is 0 Å². The van der Waals surface area contributed by atoms with E-state index in [4.69, 9.17) is 20.3 Å². The molecule has 63 heavy (non-hydrogen) atoms. The molecule has 3 amide bonds. The molecule has 0 aliphatic heterocycles. The van der Waals surface area contributed by atoms with Crippen LogP contribution in [0, 0.1) is 0 Å². The number of carbonyl (C=O) groups excluding carboxylic acids is 5. The fraction of sp³-hybridized carbons (Fsp3) is 0.851. The summed E-state index contributed by atoms with van der Waals surface area (Å²) in [5.41, 5.74) is 6.05. The number of thioether (sulfide) groups is 1. The lowest BCUT2D eigenvalue weighted by atomic mass is 10.0. The van der Waals surface area contributed by atoms with Crippen molar-refractivity contribution >= 4 is 53.4 Å². The average molecular weight is 915 g/mol. The van der Waals surface area contributed by atoms with E-state index in [1.807, 2.05) is 0 Å². The van der Waals surface area contributed by atoms with E-state index in [-0.39, 0.29) is 42.9 Å². The number of ether oxygens (including phenoxy) is 2. The Balaban J connectivity index is 4.69. The molecular formula is C47H86N4O11S. The van der Waals surface area contributed by atoms with Crippen molar-refractivity contribution in [1.29, 1.82) is 0 Å². The smallest absolute Gasteiger partial charge is 0.326 e. The minimum absolute atomic E-state index is 0.101. The first-order chi connectivity index (χ1) is 30.4. The maximum absolute atomic E-state index is 12.8. The van der Waals surface area contributed by atoms with Crippen LogP contribution >= 0.6 is 11.8 Å². The average Bonchev–Trinajstić information content (AvgIpc) is 3.25. The number of aliphatic carboxylic acids is 2. The lowest BCUT2D eigenvalue weighted by molar-refractivity contribution is -0.157. The highest BCUT2D eigenvalue weighted by atomic mass is 32.2. The number of nitrogens with one attached hydrogen (secondary N) is 3. The Labute approximate surface area is 383 Å². The van der Waals surface area contributed by atoms with Gasteiger partial charge in [0, 0.05) is 30.8 Å². The molecule has 0 spiro atoms. The van der Waals surface area contributed by atoms with Crippen molar-refractivity contribution in [3.8, 4) is 0 Å². The first kappa shape index (κ1) is 59.6. The third-order valence-corrected chi connectivity index (χ3v) is 12.0. The Morgan fingerprint density at radius 3 is 1.41 bits per heavy atom. The first-order valence-corrected chi connectivity index (χ1v) is 25.5. The second-order valence-corrected chi connectivity index (χ2v) is 17.9. The quantitative estimate of drug-likeness (QED) is 0.0250. The van der Waals surface area contributed by atoms with E-state index in [9.17, 15) is 38.7 Å². The number of carboxylic acids is 2. The van der Waals surface area contributed by atoms with E-state index in [0.29, 0.717) is 12.8 Å². The molecule has 0 aromatic rings. The Kier molecular flexibility index (Phi) is 40.2. The highest BCUT2D eigenvalue weighted by molar-refractivity contribution is 7.99. The SMILES string of the molecule is CCCCCCCCCCCCCCCC(=O)OC[C@H](CSC[C@H](N)C(=O)NCC(=O)NCC(=O)NC(CCC(=O)O)C(=O)O)OC(=O)CCCCCCCCCCCCCCC. The molecule has 0 fully saturated rings. The second kappa shape index (κ2) is 42.5. The summed E-state index contributed by atoms with van der Waals surface area (Å²) >= 11 is 1.25. The van der Waals surface area contributed by atoms with E-state index in [1.165, 1.54) is 134 Å². The number of unbranched alkanes of at least 4 members (excludes halogenated alkanes) is 24. The zero-order chi connectivity index (χ0) is 46.8. The molecule has 0 aromatic heterocycles. The van der Waals surface area contributed by atoms with Gasteiger partial charge >= 0.3 is 23.9 Å². The number of esters is 2. The highest BCUT2D eigenvalue weighted by Crippen LogP contribution is 2.16. The molecular weight excluding hydrogens is 829 g/mol. The van der Waals surface area contributed by atoms with Crippen molar-refractivity contribution in [1.82, 2.24) is 16.0 Å². The summed E-state index contributed by atoms with van der Waals surface area (Å²) in [5.74, 6) is -5.20. The molecule has 7 N–H and O–H groups in total. The Morgan fingerprint density at radius 2 is 0.968 bits per heavy atom. The number of rotatable bonds is 45. The predicted molar refractivity (Wildman–Crippen MR) is 249 cm³/mol. The molecule has 0 aliphatic rings. The van der Waals surface area contributed by atoms with Gasteiger partial charge in [-0.15, -0.1) is 0 Å². The van der Waals surface area contributed by atoms with Crippen LogP contribution in [0.2, 0.25) is 0 Å². The molecule has 0 saturated carbocycles. The molecule has 15 nitrogen and oxygen atoms in total. The fourth-order valence-electron chi connectivity index (χ4n) is 6.91. The number of amides is 3. The molecule has 0 rings (SSSR count). The molecule has 366 valence electrons. The Hall–Kier alpha value is -3.40. The number of hydrogen-bond donors (Lipinski definition) is 6. The van der Waals surface area contributed by atoms with Crippen LogP contribution in [0.3, 0.4) is 0 Å². The van der Waals surface area contributed by atoms with Crippen LogP contribution in [0.5, 0.6) is 0 Å². The fourth-order valence-corrected chi connectivity index (χ4v) is 7.87. The third kappa shape index (κ3) is 39.9. The van der Waals surface area contributed by atoms with Gasteiger partial charge in [-0.25, -0.2) is 4.79 Å². The van der Waals surface area contributed by atoms with Gasteiger partial charge in [0.1, 0.15) is 18.8 Å². The van der Waals surface area contributed by atoms with Gasteiger partial charge in [0.2, 0.25) is 17.7 Å². The van der Waals surface area contributed by atoms with E-state index >= 15 is 0 Å². The molecule has 0 saturated heterocycles. The summed E-state index contributed by atoms with van der Waals surface area (Å²) in [6, 6.07) is -2.47. The van der Waals surface area contributed by atoms with Crippen LogP contribution in [0.4, 0.5) is 0 Å². The van der Waals surface area contributed by atoms with E-state index in [0.717, 1.165) is 38.5 Å². The number of hydrogen-bond acceptors (Lipinski definition) is 11. The summed E-state index contributed by atoms with van der Waals surface area (Å²) in [6.07, 6.45) is 30.3. The summed E-state index contributed by atoms with van der Waals surface area (Å²) in [5, 5.41) is 24.7. The van der Waals surface area contributed by atoms with Gasteiger partial charge < -0.3 is 41.4 Å². The van der Waals surface area contributed by atoms with Crippen molar-refractivity contribution in [3.63, 3.8) is 0 Å². The second-order valence-electron chi connectivity index (χ2n) is 16.8. The molecule has 0 radical (unpaired) electrons. The summed E-state index contributed by atoms with van der Waals surface area (Å²) in [6.45, 7) is 3.29. The van der Waals surface area contributed by atoms with E-state index < -0.39 is 67.4 Å². The predicted octanol–water partition coefficient (Wildman–Crippen LogP) is 8.13. The van der Waals surface area contributed by atoms with E-state index in [2.05, 4.69) is 29.8 Å². The topological polar surface area (TPSA) is 241 Å². The number of carbonyl (C=O) groups is 7. The third-order valence-electron chi connectivity index (χ3n) is 10.8. The summed E-state index contributed by atoms with van der Waals surface area (Å²) in [7, 11) is 0. The molecule has 0 aliphatic carbocycles. The summed E-state index contributed by atoms with van der Waals surface area (Å²) < 4.78 is 11.3. The Bertz CT molecular complexity index is 1240. The zero-order valence-corrected chi connectivity index (χ0v) is 39.9. The van der Waals surface area contributed by atoms with Gasteiger partial charge in [-0.2, -0.15) is 11.8 Å². The van der Waals surface area contributed by atoms with E-state index in [1.54, 1.807) is 0 Å². The molecule has 16 heteroatoms. The number of nitrogens with two attached hydrogens (primary N) is 1. The van der Waals surface area contributed by atoms with Crippen LogP contribution in [-0.2, 0) is 43.0 Å². The maximum Gasteiger partial charge on any atom is 0.326 e. The van der Waals surface area contributed by atoms with Crippen LogP contribution in [-0.4, -0.2) is 101 Å². The number of carboxylic acid groups (broad SMARTS) is 2. The van der Waals surface area contributed by atoms with Crippen molar-refractivity contribution < 1.29 is 53.2 Å². The monoisotopic (exact) mass is 915 g/mol. The largest absolute Gasteiger partial charge is 0.481 e. The van der Waals surface area contributed by atoms with Gasteiger partial charge in [0.15, 0.2) is 0 Å².